The van der Waals surface area contributed by atoms with Gasteiger partial charge in [0.15, 0.2) is 17.8 Å². The molecule has 2 fully saturated rings. The summed E-state index contributed by atoms with van der Waals surface area (Å²) in [4.78, 5) is 90.6. The van der Waals surface area contributed by atoms with Crippen molar-refractivity contribution in [2.24, 2.45) is 0 Å². The molecule has 0 bridgehead atoms. The molecule has 0 radical (unpaired) electrons. The van der Waals surface area contributed by atoms with Crippen LogP contribution >= 0.6 is 0 Å². The minimum atomic E-state index is -1.90. The molecule has 6 atom stereocenters. The summed E-state index contributed by atoms with van der Waals surface area (Å²) in [5.74, 6) is -4.67. The second-order valence-corrected chi connectivity index (χ2v) is 14.6. The highest BCUT2D eigenvalue weighted by Crippen LogP contribution is 2.38. The number of esters is 5. The Balaban J connectivity index is 1.74. The van der Waals surface area contributed by atoms with Gasteiger partial charge >= 0.3 is 29.8 Å². The SMILES string of the molecule is C=CC[C@]1(C(=O)OC)C[C@H](OC(C)=O)[C@@H](NC(=O)Cn2cc(C3CCCCC3)nn2)[C@H](C(OC(C)=O)[C@H](CNC(=O)c2cc(C)c(OC(C)=O)c(C)c2)OC(C)=O)O1. The highest BCUT2D eigenvalue weighted by molar-refractivity contribution is 5.95. The van der Waals surface area contributed by atoms with E-state index < -0.39 is 84.3 Å². The van der Waals surface area contributed by atoms with Gasteiger partial charge in [-0.05, 0) is 49.9 Å². The molecule has 1 aliphatic heterocycles. The molecule has 2 aliphatic rings. The van der Waals surface area contributed by atoms with Crippen LogP contribution in [0, 0.1) is 13.8 Å². The van der Waals surface area contributed by atoms with Crippen molar-refractivity contribution in [1.82, 2.24) is 25.6 Å². The fraction of sp³-hybridized carbons (Fsp3) is 0.575. The normalized spacial score (nSPS) is 21.7. The Morgan fingerprint density at radius 1 is 0.966 bits per heavy atom. The number of methoxy groups -OCH3 is 1. The average Bonchev–Trinajstić information content (AvgIpc) is 3.62. The lowest BCUT2D eigenvalue weighted by atomic mass is 9.81. The number of carbonyl (C=O) groups excluding carboxylic acids is 7. The van der Waals surface area contributed by atoms with Crippen molar-refractivity contribution >= 4 is 41.7 Å². The van der Waals surface area contributed by atoms with Gasteiger partial charge in [-0.15, -0.1) is 11.7 Å². The maximum Gasteiger partial charge on any atom is 0.338 e. The Hall–Kier alpha value is -5.65. The quantitative estimate of drug-likeness (QED) is 0.107. The second-order valence-electron chi connectivity index (χ2n) is 14.6. The van der Waals surface area contributed by atoms with Crippen molar-refractivity contribution < 1.29 is 62.0 Å². The summed E-state index contributed by atoms with van der Waals surface area (Å²) in [6, 6.07) is 1.65. The average molecular weight is 812 g/mol. The van der Waals surface area contributed by atoms with Crippen LogP contribution in [-0.4, -0.2) is 106 Å². The van der Waals surface area contributed by atoms with Crippen molar-refractivity contribution in [1.29, 1.82) is 0 Å². The van der Waals surface area contributed by atoms with Gasteiger partial charge in [0, 0.05) is 58.2 Å². The van der Waals surface area contributed by atoms with Crippen molar-refractivity contribution in [3.05, 3.63) is 53.4 Å². The molecular formula is C40H53N5O13. The van der Waals surface area contributed by atoms with Crippen LogP contribution in [0.15, 0.2) is 31.0 Å². The minimum Gasteiger partial charge on any atom is -0.467 e. The summed E-state index contributed by atoms with van der Waals surface area (Å²) in [5, 5.41) is 13.9. The predicted molar refractivity (Wildman–Crippen MR) is 203 cm³/mol. The third-order valence-corrected chi connectivity index (χ3v) is 9.95. The van der Waals surface area contributed by atoms with Crippen LogP contribution in [0.4, 0.5) is 0 Å². The van der Waals surface area contributed by atoms with Crippen LogP contribution in [0.2, 0.25) is 0 Å². The smallest absolute Gasteiger partial charge is 0.338 e. The number of hydrogen-bond acceptors (Lipinski definition) is 15. The molecular weight excluding hydrogens is 758 g/mol. The second kappa shape index (κ2) is 20.2. The lowest BCUT2D eigenvalue weighted by Crippen LogP contribution is -2.69. The summed E-state index contributed by atoms with van der Waals surface area (Å²) >= 11 is 0. The lowest BCUT2D eigenvalue weighted by molar-refractivity contribution is -0.239. The number of nitrogens with one attached hydrogen (secondary N) is 2. The number of amides is 2. The van der Waals surface area contributed by atoms with E-state index in [1.54, 1.807) is 20.0 Å². The summed E-state index contributed by atoms with van der Waals surface area (Å²) < 4.78 is 35.5. The lowest BCUT2D eigenvalue weighted by Gasteiger charge is -2.49. The van der Waals surface area contributed by atoms with E-state index >= 15 is 0 Å². The van der Waals surface area contributed by atoms with Gasteiger partial charge in [0.1, 0.15) is 24.5 Å². The van der Waals surface area contributed by atoms with E-state index in [2.05, 4.69) is 27.5 Å². The van der Waals surface area contributed by atoms with Crippen molar-refractivity contribution in [3.8, 4) is 5.75 Å². The minimum absolute atomic E-state index is 0.168. The Kier molecular flexibility index (Phi) is 15.7. The van der Waals surface area contributed by atoms with Gasteiger partial charge < -0.3 is 39.1 Å². The Morgan fingerprint density at radius 3 is 2.19 bits per heavy atom. The van der Waals surface area contributed by atoms with Gasteiger partial charge in [-0.2, -0.15) is 0 Å². The molecule has 1 unspecified atom stereocenters. The van der Waals surface area contributed by atoms with Gasteiger partial charge in [0.05, 0.1) is 25.4 Å². The Bertz CT molecular complexity index is 1850. The number of nitrogens with zero attached hydrogens (tertiary/aromatic N) is 3. The molecule has 1 aromatic heterocycles. The number of hydrogen-bond donors (Lipinski definition) is 2. The monoisotopic (exact) mass is 811 g/mol. The van der Waals surface area contributed by atoms with E-state index in [-0.39, 0.29) is 30.9 Å². The number of aryl methyl sites for hydroxylation is 2. The first kappa shape index (κ1) is 45.1. The summed E-state index contributed by atoms with van der Waals surface area (Å²) in [6.07, 6.45) is 1.74. The maximum atomic E-state index is 13.8. The molecule has 1 aromatic carbocycles. The van der Waals surface area contributed by atoms with Crippen LogP contribution in [0.5, 0.6) is 5.75 Å². The predicted octanol–water partition coefficient (Wildman–Crippen LogP) is 2.85. The van der Waals surface area contributed by atoms with Crippen LogP contribution in [-0.2, 0) is 59.0 Å². The van der Waals surface area contributed by atoms with E-state index in [1.807, 2.05) is 0 Å². The van der Waals surface area contributed by atoms with E-state index in [0.717, 1.165) is 65.7 Å². The van der Waals surface area contributed by atoms with Crippen LogP contribution in [0.1, 0.15) is 106 Å². The van der Waals surface area contributed by atoms with E-state index in [4.69, 9.17) is 28.4 Å². The first-order chi connectivity index (χ1) is 27.5. The van der Waals surface area contributed by atoms with Gasteiger partial charge in [0.25, 0.3) is 5.91 Å². The topological polar surface area (TPSA) is 230 Å². The maximum absolute atomic E-state index is 13.8. The van der Waals surface area contributed by atoms with Crippen LogP contribution in [0.3, 0.4) is 0 Å². The van der Waals surface area contributed by atoms with Gasteiger partial charge in [-0.25, -0.2) is 9.48 Å². The number of ether oxygens (including phenoxy) is 6. The molecule has 58 heavy (non-hydrogen) atoms. The molecule has 18 nitrogen and oxygen atoms in total. The van der Waals surface area contributed by atoms with Gasteiger partial charge in [0.2, 0.25) is 5.91 Å². The summed E-state index contributed by atoms with van der Waals surface area (Å²) in [7, 11) is 1.13. The standard InChI is InChI=1S/C40H53N5O13/c1-9-15-40(39(52)53-8)18-31(54-24(4)46)34(42-33(50)21-45-20-30(43-44-45)28-13-11-10-12-14-28)37(58-40)36(57-27(7)49)32(55-25(5)47)19-41-38(51)29-16-22(2)35(23(3)17-29)56-26(6)48/h9,16-17,20,28,31-32,34,36-37H,1,10-15,18-19,21H2,2-8H3,(H,41,51)(H,42,50)/t31-,32-,34+,36?,37+,40+/m0/s1. The van der Waals surface area contributed by atoms with Gasteiger partial charge in [-0.1, -0.05) is 30.6 Å². The molecule has 1 saturated heterocycles. The number of benzene rings is 1. The fourth-order valence-corrected chi connectivity index (χ4v) is 7.61. The Labute approximate surface area is 336 Å². The van der Waals surface area contributed by atoms with Crippen LogP contribution in [0.25, 0.3) is 0 Å². The highest BCUT2D eigenvalue weighted by atomic mass is 16.6. The molecule has 316 valence electrons. The molecule has 1 aliphatic carbocycles. The Morgan fingerprint density at radius 2 is 1.62 bits per heavy atom. The largest absolute Gasteiger partial charge is 0.467 e. The van der Waals surface area contributed by atoms with Crippen molar-refractivity contribution in [3.63, 3.8) is 0 Å². The van der Waals surface area contributed by atoms with Gasteiger partial charge in [-0.3, -0.25) is 28.8 Å². The zero-order chi connectivity index (χ0) is 42.7. The molecule has 2 heterocycles. The molecule has 1 saturated carbocycles. The van der Waals surface area contributed by atoms with E-state index in [0.29, 0.717) is 16.9 Å². The zero-order valence-electron chi connectivity index (χ0n) is 34.0. The third kappa shape index (κ3) is 11.7. The number of aromatic nitrogens is 3. The molecule has 2 amide bonds. The molecule has 2 aromatic rings. The summed E-state index contributed by atoms with van der Waals surface area (Å²) in [6.45, 7) is 10.8. The van der Waals surface area contributed by atoms with E-state index in [1.165, 1.54) is 29.8 Å². The van der Waals surface area contributed by atoms with Crippen molar-refractivity contribution in [2.75, 3.05) is 13.7 Å². The molecule has 0 spiro atoms. The summed E-state index contributed by atoms with van der Waals surface area (Å²) in [5.41, 5.74) is 0.0322. The fourth-order valence-electron chi connectivity index (χ4n) is 7.61. The molecule has 2 N–H and O–H groups in total. The number of carbonyl (C=O) groups is 7. The first-order valence-electron chi connectivity index (χ1n) is 19.1. The molecule has 4 rings (SSSR count). The van der Waals surface area contributed by atoms with Crippen LogP contribution < -0.4 is 15.4 Å². The number of rotatable bonds is 16. The zero-order valence-corrected chi connectivity index (χ0v) is 34.0. The van der Waals surface area contributed by atoms with Crippen molar-refractivity contribution in [2.45, 2.75) is 135 Å². The first-order valence-corrected chi connectivity index (χ1v) is 19.1. The highest BCUT2D eigenvalue weighted by Gasteiger charge is 2.57. The molecule has 18 heteroatoms. The third-order valence-electron chi connectivity index (χ3n) is 9.95. The van der Waals surface area contributed by atoms with E-state index in [9.17, 15) is 33.6 Å².